The van der Waals surface area contributed by atoms with Crippen molar-refractivity contribution in [1.29, 1.82) is 0 Å². The molecule has 0 bridgehead atoms. The number of hydrogen-bond acceptors (Lipinski definition) is 3. The molecule has 3 nitrogen and oxygen atoms in total. The van der Waals surface area contributed by atoms with Gasteiger partial charge in [0.25, 0.3) is 0 Å². The summed E-state index contributed by atoms with van der Waals surface area (Å²) in [4.78, 5) is 19.5. The van der Waals surface area contributed by atoms with Crippen molar-refractivity contribution < 1.29 is 4.79 Å². The molecule has 1 heterocycles. The molecule has 1 rings (SSSR count). The van der Waals surface area contributed by atoms with Gasteiger partial charge >= 0.3 is 0 Å². The first-order valence-electron chi connectivity index (χ1n) is 4.52. The van der Waals surface area contributed by atoms with Gasteiger partial charge in [-0.15, -0.1) is 0 Å². The van der Waals surface area contributed by atoms with E-state index in [2.05, 4.69) is 9.97 Å². The molecule has 0 aliphatic heterocycles. The standard InChI is InChI=1S/C10H14N2O/c1-3-8(2)9(13)7-10-11-5-4-6-12-10/h4-6,8H,3,7H2,1-2H3. The van der Waals surface area contributed by atoms with Crippen LogP contribution < -0.4 is 0 Å². The molecule has 0 saturated heterocycles. The molecular weight excluding hydrogens is 164 g/mol. The molecule has 13 heavy (non-hydrogen) atoms. The minimum atomic E-state index is 0.115. The van der Waals surface area contributed by atoms with Gasteiger partial charge in [0.15, 0.2) is 0 Å². The van der Waals surface area contributed by atoms with Crippen molar-refractivity contribution in [3.8, 4) is 0 Å². The highest BCUT2D eigenvalue weighted by molar-refractivity contribution is 5.82. The third kappa shape index (κ3) is 2.93. The fourth-order valence-corrected chi connectivity index (χ4v) is 0.979. The van der Waals surface area contributed by atoms with E-state index in [9.17, 15) is 4.79 Å². The Morgan fingerprint density at radius 2 is 2.08 bits per heavy atom. The van der Waals surface area contributed by atoms with Gasteiger partial charge in [-0.3, -0.25) is 4.79 Å². The lowest BCUT2D eigenvalue weighted by Crippen LogP contribution is -2.14. The van der Waals surface area contributed by atoms with Gasteiger partial charge in [-0.25, -0.2) is 9.97 Å². The van der Waals surface area contributed by atoms with Gasteiger partial charge in [0.05, 0.1) is 6.42 Å². The Labute approximate surface area is 78.2 Å². The van der Waals surface area contributed by atoms with E-state index in [0.717, 1.165) is 6.42 Å². The van der Waals surface area contributed by atoms with Gasteiger partial charge in [-0.2, -0.15) is 0 Å². The molecule has 0 amide bonds. The van der Waals surface area contributed by atoms with Crippen molar-refractivity contribution in [2.45, 2.75) is 26.7 Å². The number of hydrogen-bond donors (Lipinski definition) is 0. The van der Waals surface area contributed by atoms with Crippen LogP contribution >= 0.6 is 0 Å². The number of Topliss-reactive ketones (excluding diaryl/α,β-unsaturated/α-hetero) is 1. The third-order valence-electron chi connectivity index (χ3n) is 2.11. The Kier molecular flexibility index (Phi) is 3.55. The summed E-state index contributed by atoms with van der Waals surface area (Å²) in [6, 6.07) is 1.75. The molecular formula is C10H14N2O. The number of aromatic nitrogens is 2. The highest BCUT2D eigenvalue weighted by Gasteiger charge is 2.11. The van der Waals surface area contributed by atoms with Crippen LogP contribution in [-0.2, 0) is 11.2 Å². The van der Waals surface area contributed by atoms with Crippen LogP contribution in [0.2, 0.25) is 0 Å². The first-order chi connectivity index (χ1) is 6.24. The monoisotopic (exact) mass is 178 g/mol. The van der Waals surface area contributed by atoms with Crippen molar-refractivity contribution >= 4 is 5.78 Å². The maximum absolute atomic E-state index is 11.5. The van der Waals surface area contributed by atoms with Gasteiger partial charge < -0.3 is 0 Å². The molecule has 0 radical (unpaired) electrons. The van der Waals surface area contributed by atoms with Crippen LogP contribution in [0.15, 0.2) is 18.5 Å². The zero-order valence-electron chi connectivity index (χ0n) is 8.03. The van der Waals surface area contributed by atoms with E-state index in [1.807, 2.05) is 13.8 Å². The molecule has 0 saturated carbocycles. The average Bonchev–Trinajstić information content (AvgIpc) is 2.18. The first-order valence-corrected chi connectivity index (χ1v) is 4.52. The quantitative estimate of drug-likeness (QED) is 0.703. The Morgan fingerprint density at radius 1 is 1.46 bits per heavy atom. The molecule has 1 unspecified atom stereocenters. The molecule has 0 fully saturated rings. The molecule has 1 aromatic heterocycles. The predicted octanol–water partition coefficient (Wildman–Crippen LogP) is 1.63. The van der Waals surface area contributed by atoms with E-state index in [1.54, 1.807) is 18.5 Å². The molecule has 0 aliphatic carbocycles. The topological polar surface area (TPSA) is 42.9 Å². The van der Waals surface area contributed by atoms with Crippen LogP contribution in [0.25, 0.3) is 0 Å². The second kappa shape index (κ2) is 4.70. The second-order valence-electron chi connectivity index (χ2n) is 3.12. The van der Waals surface area contributed by atoms with Gasteiger partial charge in [-0.05, 0) is 12.5 Å². The van der Waals surface area contributed by atoms with Gasteiger partial charge in [0.2, 0.25) is 0 Å². The van der Waals surface area contributed by atoms with E-state index >= 15 is 0 Å². The maximum atomic E-state index is 11.5. The van der Waals surface area contributed by atoms with Gasteiger partial charge in [-0.1, -0.05) is 13.8 Å². The fraction of sp³-hybridized carbons (Fsp3) is 0.500. The summed E-state index contributed by atoms with van der Waals surface area (Å²) in [6.45, 7) is 3.94. The Hall–Kier alpha value is -1.25. The number of ketones is 1. The lowest BCUT2D eigenvalue weighted by Gasteiger charge is -2.05. The summed E-state index contributed by atoms with van der Waals surface area (Å²) < 4.78 is 0. The molecule has 0 N–H and O–H groups in total. The molecule has 0 aliphatic rings. The number of nitrogens with zero attached hydrogens (tertiary/aromatic N) is 2. The van der Waals surface area contributed by atoms with Crippen LogP contribution in [0.5, 0.6) is 0 Å². The lowest BCUT2D eigenvalue weighted by atomic mass is 10.0. The molecule has 0 spiro atoms. The maximum Gasteiger partial charge on any atom is 0.143 e. The van der Waals surface area contributed by atoms with Crippen molar-refractivity contribution in [2.75, 3.05) is 0 Å². The van der Waals surface area contributed by atoms with Crippen molar-refractivity contribution in [2.24, 2.45) is 5.92 Å². The Bertz CT molecular complexity index is 272. The van der Waals surface area contributed by atoms with Crippen molar-refractivity contribution in [3.63, 3.8) is 0 Å². The van der Waals surface area contributed by atoms with E-state index < -0.39 is 0 Å². The second-order valence-corrected chi connectivity index (χ2v) is 3.12. The molecule has 0 aromatic carbocycles. The summed E-state index contributed by atoms with van der Waals surface area (Å²) in [5.74, 6) is 0.949. The lowest BCUT2D eigenvalue weighted by molar-refractivity contribution is -0.121. The van der Waals surface area contributed by atoms with Crippen molar-refractivity contribution in [1.82, 2.24) is 9.97 Å². The number of rotatable bonds is 4. The molecule has 1 aromatic rings. The van der Waals surface area contributed by atoms with Crippen LogP contribution in [0.3, 0.4) is 0 Å². The van der Waals surface area contributed by atoms with E-state index in [1.165, 1.54) is 0 Å². The van der Waals surface area contributed by atoms with Crippen LogP contribution in [0.1, 0.15) is 26.1 Å². The normalized spacial score (nSPS) is 12.5. The highest BCUT2D eigenvalue weighted by Crippen LogP contribution is 2.05. The largest absolute Gasteiger partial charge is 0.299 e. The predicted molar refractivity (Wildman–Crippen MR) is 50.2 cm³/mol. The Morgan fingerprint density at radius 3 is 2.62 bits per heavy atom. The van der Waals surface area contributed by atoms with Crippen LogP contribution in [0.4, 0.5) is 0 Å². The zero-order chi connectivity index (χ0) is 9.68. The summed E-state index contributed by atoms with van der Waals surface area (Å²) in [7, 11) is 0. The van der Waals surface area contributed by atoms with Crippen LogP contribution in [0, 0.1) is 5.92 Å². The Balaban J connectivity index is 2.55. The summed E-state index contributed by atoms with van der Waals surface area (Å²) in [6.07, 6.45) is 4.56. The van der Waals surface area contributed by atoms with E-state index in [-0.39, 0.29) is 11.7 Å². The van der Waals surface area contributed by atoms with E-state index in [0.29, 0.717) is 12.2 Å². The number of carbonyl (C=O) groups excluding carboxylic acids is 1. The first kappa shape index (κ1) is 9.84. The molecule has 3 heteroatoms. The minimum Gasteiger partial charge on any atom is -0.299 e. The fourth-order valence-electron chi connectivity index (χ4n) is 0.979. The molecule has 70 valence electrons. The average molecular weight is 178 g/mol. The third-order valence-corrected chi connectivity index (χ3v) is 2.11. The van der Waals surface area contributed by atoms with Crippen molar-refractivity contribution in [3.05, 3.63) is 24.3 Å². The highest BCUT2D eigenvalue weighted by atomic mass is 16.1. The van der Waals surface area contributed by atoms with Gasteiger partial charge in [0.1, 0.15) is 11.6 Å². The zero-order valence-corrected chi connectivity index (χ0v) is 8.03. The van der Waals surface area contributed by atoms with E-state index in [4.69, 9.17) is 0 Å². The van der Waals surface area contributed by atoms with Crippen LogP contribution in [-0.4, -0.2) is 15.8 Å². The minimum absolute atomic E-state index is 0.115. The SMILES string of the molecule is CCC(C)C(=O)Cc1ncccn1. The smallest absolute Gasteiger partial charge is 0.143 e. The number of carbonyl (C=O) groups is 1. The summed E-state index contributed by atoms with van der Waals surface area (Å²) in [5, 5.41) is 0. The summed E-state index contributed by atoms with van der Waals surface area (Å²) in [5.41, 5.74) is 0. The van der Waals surface area contributed by atoms with Gasteiger partial charge in [0, 0.05) is 18.3 Å². The molecule has 1 atom stereocenters. The summed E-state index contributed by atoms with van der Waals surface area (Å²) >= 11 is 0.